The number of carbonyl (C=O) groups excluding carboxylic acids is 1. The van der Waals surface area contributed by atoms with Crippen molar-refractivity contribution < 1.29 is 14.7 Å². The van der Waals surface area contributed by atoms with E-state index < -0.39 is 5.97 Å². The SMILES string of the molecule is CC1(C(=O)Nc2cccc(CC(=O)O)c2)CCCCCC1. The number of aliphatic carboxylic acids is 1. The summed E-state index contributed by atoms with van der Waals surface area (Å²) < 4.78 is 0. The van der Waals surface area contributed by atoms with Crippen molar-refractivity contribution in [2.45, 2.75) is 51.9 Å². The van der Waals surface area contributed by atoms with Crippen molar-refractivity contribution in [1.82, 2.24) is 0 Å². The summed E-state index contributed by atoms with van der Waals surface area (Å²) in [5.41, 5.74) is 1.08. The van der Waals surface area contributed by atoms with Gasteiger partial charge in [-0.15, -0.1) is 0 Å². The topological polar surface area (TPSA) is 66.4 Å². The number of carboxylic acids is 1. The fourth-order valence-corrected chi connectivity index (χ4v) is 2.95. The lowest BCUT2D eigenvalue weighted by Gasteiger charge is -2.26. The predicted octanol–water partition coefficient (Wildman–Crippen LogP) is 3.61. The second-order valence-electron chi connectivity index (χ2n) is 6.20. The van der Waals surface area contributed by atoms with Crippen LogP contribution in [0.4, 0.5) is 5.69 Å². The number of hydrogen-bond donors (Lipinski definition) is 2. The Morgan fingerprint density at radius 1 is 1.19 bits per heavy atom. The number of amides is 1. The Morgan fingerprint density at radius 3 is 2.48 bits per heavy atom. The minimum Gasteiger partial charge on any atom is -0.481 e. The zero-order valence-electron chi connectivity index (χ0n) is 12.5. The third kappa shape index (κ3) is 4.31. The second-order valence-corrected chi connectivity index (χ2v) is 6.20. The van der Waals surface area contributed by atoms with Crippen molar-refractivity contribution in [2.24, 2.45) is 5.41 Å². The number of rotatable bonds is 4. The first-order valence-electron chi connectivity index (χ1n) is 7.62. The normalized spacial score (nSPS) is 17.8. The van der Waals surface area contributed by atoms with Gasteiger partial charge in [-0.05, 0) is 30.5 Å². The molecule has 1 saturated carbocycles. The molecular formula is C17H23NO3. The molecule has 114 valence electrons. The van der Waals surface area contributed by atoms with Gasteiger partial charge in [0.2, 0.25) is 5.91 Å². The molecule has 2 rings (SSSR count). The lowest BCUT2D eigenvalue weighted by Crippen LogP contribution is -2.33. The molecule has 2 N–H and O–H groups in total. The lowest BCUT2D eigenvalue weighted by molar-refractivity contribution is -0.136. The van der Waals surface area contributed by atoms with Gasteiger partial charge in [0.15, 0.2) is 0 Å². The molecule has 0 bridgehead atoms. The molecule has 21 heavy (non-hydrogen) atoms. The van der Waals surface area contributed by atoms with E-state index in [1.54, 1.807) is 18.2 Å². The van der Waals surface area contributed by atoms with E-state index in [1.165, 1.54) is 12.8 Å². The number of benzene rings is 1. The average molecular weight is 289 g/mol. The van der Waals surface area contributed by atoms with Crippen molar-refractivity contribution in [1.29, 1.82) is 0 Å². The predicted molar refractivity (Wildman–Crippen MR) is 82.2 cm³/mol. The molecule has 0 heterocycles. The molecule has 0 radical (unpaired) electrons. The molecule has 0 spiro atoms. The number of hydrogen-bond acceptors (Lipinski definition) is 2. The van der Waals surface area contributed by atoms with Crippen LogP contribution in [0.25, 0.3) is 0 Å². The van der Waals surface area contributed by atoms with Gasteiger partial charge in [-0.3, -0.25) is 9.59 Å². The fourth-order valence-electron chi connectivity index (χ4n) is 2.95. The molecule has 4 heteroatoms. The molecule has 1 aromatic carbocycles. The highest BCUT2D eigenvalue weighted by atomic mass is 16.4. The van der Waals surface area contributed by atoms with Crippen LogP contribution < -0.4 is 5.32 Å². The molecule has 1 aromatic rings. The first-order chi connectivity index (χ1) is 9.99. The maximum Gasteiger partial charge on any atom is 0.307 e. The van der Waals surface area contributed by atoms with Crippen molar-refractivity contribution in [3.05, 3.63) is 29.8 Å². The zero-order chi connectivity index (χ0) is 15.3. The molecule has 0 atom stereocenters. The van der Waals surface area contributed by atoms with Crippen LogP contribution in [0.3, 0.4) is 0 Å². The summed E-state index contributed by atoms with van der Waals surface area (Å²) >= 11 is 0. The van der Waals surface area contributed by atoms with Crippen LogP contribution in [0.1, 0.15) is 51.0 Å². The third-order valence-electron chi connectivity index (χ3n) is 4.30. The molecule has 0 unspecified atom stereocenters. The molecule has 1 aliphatic carbocycles. The van der Waals surface area contributed by atoms with Gasteiger partial charge >= 0.3 is 5.97 Å². The quantitative estimate of drug-likeness (QED) is 0.832. The van der Waals surface area contributed by atoms with E-state index in [0.29, 0.717) is 11.3 Å². The third-order valence-corrected chi connectivity index (χ3v) is 4.30. The van der Waals surface area contributed by atoms with Crippen LogP contribution in [0.15, 0.2) is 24.3 Å². The Bertz CT molecular complexity index is 517. The summed E-state index contributed by atoms with van der Waals surface area (Å²) in [6.07, 6.45) is 6.43. The van der Waals surface area contributed by atoms with Gasteiger partial charge in [-0.2, -0.15) is 0 Å². The maximum absolute atomic E-state index is 12.5. The smallest absolute Gasteiger partial charge is 0.307 e. The zero-order valence-corrected chi connectivity index (χ0v) is 12.5. The van der Waals surface area contributed by atoms with Gasteiger partial charge in [0, 0.05) is 11.1 Å². The first-order valence-corrected chi connectivity index (χ1v) is 7.62. The fraction of sp³-hybridized carbons (Fsp3) is 0.529. The number of nitrogens with one attached hydrogen (secondary N) is 1. The highest BCUT2D eigenvalue weighted by Gasteiger charge is 2.33. The molecule has 1 fully saturated rings. The summed E-state index contributed by atoms with van der Waals surface area (Å²) in [5, 5.41) is 11.8. The number of anilines is 1. The summed E-state index contributed by atoms with van der Waals surface area (Å²) in [6, 6.07) is 7.09. The number of carboxylic acid groups (broad SMARTS) is 1. The van der Waals surface area contributed by atoms with E-state index in [2.05, 4.69) is 5.32 Å². The van der Waals surface area contributed by atoms with Crippen LogP contribution in [0.2, 0.25) is 0 Å². The molecular weight excluding hydrogens is 266 g/mol. The Kier molecular flexibility index (Phi) is 4.99. The Balaban J connectivity index is 2.06. The van der Waals surface area contributed by atoms with Crippen molar-refractivity contribution >= 4 is 17.6 Å². The van der Waals surface area contributed by atoms with Crippen LogP contribution in [-0.2, 0) is 16.0 Å². The number of carbonyl (C=O) groups is 2. The Morgan fingerprint density at radius 2 is 1.86 bits per heavy atom. The van der Waals surface area contributed by atoms with Crippen LogP contribution in [0.5, 0.6) is 0 Å². The highest BCUT2D eigenvalue weighted by molar-refractivity contribution is 5.95. The van der Waals surface area contributed by atoms with E-state index in [0.717, 1.165) is 25.7 Å². The molecule has 4 nitrogen and oxygen atoms in total. The van der Waals surface area contributed by atoms with E-state index >= 15 is 0 Å². The standard InChI is InChI=1S/C17H23NO3/c1-17(9-4-2-3-5-10-17)16(21)18-14-8-6-7-13(11-14)12-15(19)20/h6-8,11H,2-5,9-10,12H2,1H3,(H,18,21)(H,19,20). The molecule has 1 aliphatic rings. The minimum absolute atomic E-state index is 0.0268. The highest BCUT2D eigenvalue weighted by Crippen LogP contribution is 2.35. The van der Waals surface area contributed by atoms with Gasteiger partial charge in [-0.1, -0.05) is 44.7 Å². The van der Waals surface area contributed by atoms with Gasteiger partial charge in [-0.25, -0.2) is 0 Å². The summed E-state index contributed by atoms with van der Waals surface area (Å²) in [6.45, 7) is 2.04. The van der Waals surface area contributed by atoms with E-state index in [9.17, 15) is 9.59 Å². The molecule has 0 saturated heterocycles. The van der Waals surface area contributed by atoms with Crippen LogP contribution in [-0.4, -0.2) is 17.0 Å². The Labute approximate surface area is 125 Å². The second kappa shape index (κ2) is 6.74. The van der Waals surface area contributed by atoms with Crippen molar-refractivity contribution in [3.63, 3.8) is 0 Å². The van der Waals surface area contributed by atoms with Gasteiger partial charge < -0.3 is 10.4 Å². The first kappa shape index (κ1) is 15.5. The van der Waals surface area contributed by atoms with Crippen molar-refractivity contribution in [2.75, 3.05) is 5.32 Å². The molecule has 1 amide bonds. The van der Waals surface area contributed by atoms with E-state index in [4.69, 9.17) is 5.11 Å². The van der Waals surface area contributed by atoms with E-state index in [-0.39, 0.29) is 17.7 Å². The molecule has 0 aliphatic heterocycles. The average Bonchev–Trinajstić information content (AvgIpc) is 2.64. The molecule has 0 aromatic heterocycles. The summed E-state index contributed by atoms with van der Waals surface area (Å²) in [5.74, 6) is -0.814. The van der Waals surface area contributed by atoms with Gasteiger partial charge in [0.05, 0.1) is 6.42 Å². The maximum atomic E-state index is 12.5. The van der Waals surface area contributed by atoms with Gasteiger partial charge in [0.25, 0.3) is 0 Å². The van der Waals surface area contributed by atoms with Crippen molar-refractivity contribution in [3.8, 4) is 0 Å². The largest absolute Gasteiger partial charge is 0.481 e. The van der Waals surface area contributed by atoms with Crippen LogP contribution in [0, 0.1) is 5.41 Å². The van der Waals surface area contributed by atoms with E-state index in [1.807, 2.05) is 13.0 Å². The summed E-state index contributed by atoms with van der Waals surface area (Å²) in [4.78, 5) is 23.3. The summed E-state index contributed by atoms with van der Waals surface area (Å²) in [7, 11) is 0. The monoisotopic (exact) mass is 289 g/mol. The lowest BCUT2D eigenvalue weighted by atomic mass is 9.81. The van der Waals surface area contributed by atoms with Gasteiger partial charge in [0.1, 0.15) is 0 Å². The minimum atomic E-state index is -0.866. The van der Waals surface area contributed by atoms with Crippen LogP contribution >= 0.6 is 0 Å². The Hall–Kier alpha value is -1.84.